The van der Waals surface area contributed by atoms with E-state index < -0.39 is 23.1 Å². The van der Waals surface area contributed by atoms with Crippen LogP contribution in [0.25, 0.3) is 0 Å². The van der Waals surface area contributed by atoms with E-state index >= 15 is 0 Å². The summed E-state index contributed by atoms with van der Waals surface area (Å²) in [6, 6.07) is 11.1. The fourth-order valence-electron chi connectivity index (χ4n) is 2.39. The molecule has 0 unspecified atom stereocenters. The standard InChI is InChI=1S/C21H22F3N3O3/c1-4-29-19(28)20(2,3)18(26)30-17(25)15-7-5-6-8-16(15)27-14-11-9-13(10-12-14)21(22,23)24/h5-12,25-27H,4H2,1-3H3/p+1. The Hall–Kier alpha value is -3.36. The minimum Gasteiger partial charge on any atom is -0.465 e. The fourth-order valence-corrected chi connectivity index (χ4v) is 2.39. The Balaban J connectivity index is 2.19. The number of alkyl halides is 3. The van der Waals surface area contributed by atoms with E-state index in [0.717, 1.165) is 12.1 Å². The average Bonchev–Trinajstić information content (AvgIpc) is 2.68. The molecule has 0 spiro atoms. The first-order valence-electron chi connectivity index (χ1n) is 9.07. The Morgan fingerprint density at radius 3 is 2.27 bits per heavy atom. The van der Waals surface area contributed by atoms with Crippen molar-refractivity contribution < 1.29 is 32.8 Å². The minimum absolute atomic E-state index is 0.173. The molecule has 0 amide bonds. The number of nitrogens with two attached hydrogens (primary N) is 1. The normalized spacial score (nSPS) is 11.5. The lowest BCUT2D eigenvalue weighted by Gasteiger charge is -2.19. The maximum atomic E-state index is 12.7. The number of para-hydroxylation sites is 1. The molecule has 2 aromatic carbocycles. The third kappa shape index (κ3) is 5.37. The van der Waals surface area contributed by atoms with Crippen LogP contribution in [-0.4, -0.2) is 24.4 Å². The molecule has 0 heterocycles. The summed E-state index contributed by atoms with van der Waals surface area (Å²) in [7, 11) is 0. The van der Waals surface area contributed by atoms with E-state index in [-0.39, 0.29) is 18.4 Å². The molecule has 30 heavy (non-hydrogen) atoms. The van der Waals surface area contributed by atoms with Gasteiger partial charge < -0.3 is 14.8 Å². The second-order valence-electron chi connectivity index (χ2n) is 6.89. The predicted molar refractivity (Wildman–Crippen MR) is 106 cm³/mol. The molecule has 0 aliphatic rings. The fraction of sp³-hybridized carbons (Fsp3) is 0.286. The van der Waals surface area contributed by atoms with Crippen LogP contribution >= 0.6 is 0 Å². The topological polar surface area (TPSA) is 97.0 Å². The first-order valence-corrected chi connectivity index (χ1v) is 9.07. The second kappa shape index (κ2) is 8.98. The van der Waals surface area contributed by atoms with E-state index in [2.05, 4.69) is 5.32 Å². The Labute approximate surface area is 172 Å². The molecule has 0 radical (unpaired) electrons. The van der Waals surface area contributed by atoms with E-state index in [4.69, 9.17) is 20.3 Å². The van der Waals surface area contributed by atoms with Crippen LogP contribution in [0.5, 0.6) is 0 Å². The Bertz CT molecular complexity index is 939. The molecule has 0 fully saturated rings. The molecular formula is C21H23F3N3O3+. The zero-order valence-corrected chi connectivity index (χ0v) is 16.8. The monoisotopic (exact) mass is 422 g/mol. The third-order valence-corrected chi connectivity index (χ3v) is 4.28. The highest BCUT2D eigenvalue weighted by atomic mass is 19.4. The van der Waals surface area contributed by atoms with Crippen molar-refractivity contribution in [1.82, 2.24) is 0 Å². The molecule has 0 bridgehead atoms. The Kier molecular flexibility index (Phi) is 6.86. The lowest BCUT2D eigenvalue weighted by molar-refractivity contribution is -0.164. The Morgan fingerprint density at radius 2 is 1.70 bits per heavy atom. The van der Waals surface area contributed by atoms with Gasteiger partial charge in [-0.15, -0.1) is 0 Å². The van der Waals surface area contributed by atoms with Crippen molar-refractivity contribution in [3.05, 3.63) is 59.7 Å². The molecule has 0 aliphatic heterocycles. The van der Waals surface area contributed by atoms with Gasteiger partial charge in [0.1, 0.15) is 0 Å². The molecule has 160 valence electrons. The van der Waals surface area contributed by atoms with Crippen molar-refractivity contribution >= 4 is 29.1 Å². The number of ether oxygens (including phenoxy) is 2. The van der Waals surface area contributed by atoms with Gasteiger partial charge >= 0.3 is 18.0 Å². The van der Waals surface area contributed by atoms with E-state index in [0.29, 0.717) is 16.9 Å². The summed E-state index contributed by atoms with van der Waals surface area (Å²) in [6.07, 6.45) is -4.43. The summed E-state index contributed by atoms with van der Waals surface area (Å²) in [5, 5.41) is 17.1. The number of nitrogens with one attached hydrogen (secondary N) is 2. The van der Waals surface area contributed by atoms with Gasteiger partial charge in [0.25, 0.3) is 0 Å². The number of carbonyl (C=O) groups excluding carboxylic acids is 1. The number of benzene rings is 2. The number of anilines is 2. The van der Waals surface area contributed by atoms with Crippen LogP contribution in [-0.2, 0) is 20.4 Å². The van der Waals surface area contributed by atoms with Crippen LogP contribution in [0.2, 0.25) is 0 Å². The van der Waals surface area contributed by atoms with E-state index in [1.807, 2.05) is 0 Å². The smallest absolute Gasteiger partial charge is 0.416 e. The van der Waals surface area contributed by atoms with Crippen LogP contribution < -0.4 is 10.7 Å². The van der Waals surface area contributed by atoms with Gasteiger partial charge in [0.2, 0.25) is 5.90 Å². The van der Waals surface area contributed by atoms with Crippen LogP contribution in [0.3, 0.4) is 0 Å². The third-order valence-electron chi connectivity index (χ3n) is 4.28. The number of hydrogen-bond acceptors (Lipinski definition) is 5. The molecule has 4 N–H and O–H groups in total. The molecule has 0 saturated carbocycles. The highest BCUT2D eigenvalue weighted by Crippen LogP contribution is 2.31. The number of esters is 1. The molecule has 6 nitrogen and oxygen atoms in total. The minimum atomic E-state index is -4.43. The van der Waals surface area contributed by atoms with Crippen molar-refractivity contribution in [1.29, 1.82) is 5.41 Å². The van der Waals surface area contributed by atoms with E-state index in [1.165, 1.54) is 26.0 Å². The maximum absolute atomic E-state index is 12.7. The van der Waals surface area contributed by atoms with Crippen LogP contribution in [0, 0.1) is 10.8 Å². The average molecular weight is 422 g/mol. The highest BCUT2D eigenvalue weighted by molar-refractivity contribution is 6.08. The number of halogens is 3. The van der Waals surface area contributed by atoms with Crippen molar-refractivity contribution in [2.75, 3.05) is 11.9 Å². The van der Waals surface area contributed by atoms with Gasteiger partial charge in [-0.1, -0.05) is 12.1 Å². The Morgan fingerprint density at radius 1 is 1.10 bits per heavy atom. The SMILES string of the molecule is CCOC(=O)C(C)(C)C(=[NH2+])OC(=N)c1ccccc1Nc1ccc(C(F)(F)F)cc1. The molecular weight excluding hydrogens is 399 g/mol. The summed E-state index contributed by atoms with van der Waals surface area (Å²) >= 11 is 0. The number of carbonyl (C=O) groups is 1. The van der Waals surface area contributed by atoms with Crippen LogP contribution in [0.1, 0.15) is 31.9 Å². The van der Waals surface area contributed by atoms with Crippen LogP contribution in [0.15, 0.2) is 48.5 Å². The lowest BCUT2D eigenvalue weighted by atomic mass is 9.93. The van der Waals surface area contributed by atoms with Crippen molar-refractivity contribution in [2.24, 2.45) is 5.41 Å². The molecule has 9 heteroatoms. The maximum Gasteiger partial charge on any atom is 0.416 e. The van der Waals surface area contributed by atoms with Gasteiger partial charge in [-0.25, -0.2) is 5.41 Å². The molecule has 2 aromatic rings. The molecule has 2 rings (SSSR count). The van der Waals surface area contributed by atoms with Gasteiger partial charge in [-0.3, -0.25) is 10.2 Å². The second-order valence-corrected chi connectivity index (χ2v) is 6.89. The van der Waals surface area contributed by atoms with Gasteiger partial charge in [-0.05, 0) is 57.2 Å². The van der Waals surface area contributed by atoms with E-state index in [9.17, 15) is 18.0 Å². The van der Waals surface area contributed by atoms with Crippen LogP contribution in [0.4, 0.5) is 24.5 Å². The molecule has 0 aromatic heterocycles. The van der Waals surface area contributed by atoms with Gasteiger partial charge in [0.05, 0.1) is 23.4 Å². The molecule has 0 aliphatic carbocycles. The molecule has 0 atom stereocenters. The summed E-state index contributed by atoms with van der Waals surface area (Å²) < 4.78 is 48.5. The summed E-state index contributed by atoms with van der Waals surface area (Å²) in [5.41, 5.74) is -0.921. The zero-order chi connectivity index (χ0) is 22.5. The first-order chi connectivity index (χ1) is 14.0. The summed E-state index contributed by atoms with van der Waals surface area (Å²) in [6.45, 7) is 4.86. The quantitative estimate of drug-likeness (QED) is 0.377. The van der Waals surface area contributed by atoms with Gasteiger partial charge in [0, 0.05) is 5.69 Å². The highest BCUT2D eigenvalue weighted by Gasteiger charge is 2.42. The van der Waals surface area contributed by atoms with Gasteiger partial charge in [0.15, 0.2) is 5.41 Å². The number of hydrogen-bond donors (Lipinski definition) is 3. The van der Waals surface area contributed by atoms with Crippen molar-refractivity contribution in [2.45, 2.75) is 26.9 Å². The van der Waals surface area contributed by atoms with Crippen molar-refractivity contribution in [3.63, 3.8) is 0 Å². The predicted octanol–water partition coefficient (Wildman–Crippen LogP) is 3.54. The molecule has 0 saturated heterocycles. The first kappa shape index (κ1) is 22.9. The summed E-state index contributed by atoms with van der Waals surface area (Å²) in [4.78, 5) is 12.1. The van der Waals surface area contributed by atoms with Gasteiger partial charge in [-0.2, -0.15) is 13.2 Å². The summed E-state index contributed by atoms with van der Waals surface area (Å²) in [5.74, 6) is -1.14. The van der Waals surface area contributed by atoms with E-state index in [1.54, 1.807) is 31.2 Å². The number of rotatable bonds is 6. The van der Waals surface area contributed by atoms with Crippen molar-refractivity contribution in [3.8, 4) is 0 Å². The lowest BCUT2D eigenvalue weighted by Crippen LogP contribution is -2.54. The largest absolute Gasteiger partial charge is 0.465 e. The zero-order valence-electron chi connectivity index (χ0n) is 16.8.